The Balaban J connectivity index is 2.27. The Kier molecular flexibility index (Phi) is 1.31. The minimum Gasteiger partial charge on any atom is -0.265 e. The second-order valence-electron chi connectivity index (χ2n) is 2.54. The van der Waals surface area contributed by atoms with Gasteiger partial charge in [-0.3, -0.25) is 5.32 Å². The van der Waals surface area contributed by atoms with Gasteiger partial charge in [-0.15, -0.1) is 0 Å². The van der Waals surface area contributed by atoms with Gasteiger partial charge in [0.2, 0.25) is 0 Å². The minimum atomic E-state index is 0.405. The summed E-state index contributed by atoms with van der Waals surface area (Å²) in [6.07, 6.45) is 10.1. The zero-order chi connectivity index (χ0) is 6.81. The number of allylic oxidation sites excluding steroid dienone is 1. The average Bonchev–Trinajstić information content (AvgIpc) is 2.05. The van der Waals surface area contributed by atoms with Crippen LogP contribution in [0, 0.1) is 0 Å². The average molecular weight is 133 g/mol. The molecule has 2 aliphatic rings. The second kappa shape index (κ2) is 2.29. The maximum absolute atomic E-state index is 4.24. The summed E-state index contributed by atoms with van der Waals surface area (Å²) in [5.74, 6) is 0. The molecular weight excluding hydrogens is 124 g/mol. The van der Waals surface area contributed by atoms with Crippen LogP contribution >= 0.6 is 0 Å². The highest BCUT2D eigenvalue weighted by atomic mass is 15.0. The Labute approximate surface area is 60.3 Å². The maximum atomic E-state index is 4.24. The van der Waals surface area contributed by atoms with E-state index in [0.717, 1.165) is 12.8 Å². The smallest absolute Gasteiger partial charge is 0.110 e. The van der Waals surface area contributed by atoms with Crippen molar-refractivity contribution in [2.75, 3.05) is 0 Å². The molecule has 2 rings (SSSR count). The van der Waals surface area contributed by atoms with E-state index >= 15 is 0 Å². The number of hydrogen-bond acceptors (Lipinski definition) is 1. The van der Waals surface area contributed by atoms with E-state index in [1.165, 1.54) is 5.57 Å². The first-order valence-corrected chi connectivity index (χ1v) is 3.55. The van der Waals surface area contributed by atoms with Crippen molar-refractivity contribution in [3.63, 3.8) is 0 Å². The molecule has 10 heavy (non-hydrogen) atoms. The first-order valence-electron chi connectivity index (χ1n) is 3.55. The molecular formula is C8H9N2. The summed E-state index contributed by atoms with van der Waals surface area (Å²) in [6, 6.07) is 0.405. The molecule has 1 aliphatic heterocycles. The molecule has 1 unspecified atom stereocenters. The third-order valence-electron chi connectivity index (χ3n) is 1.84. The summed E-state index contributed by atoms with van der Waals surface area (Å²) in [6.45, 7) is 0. The van der Waals surface area contributed by atoms with Crippen molar-refractivity contribution >= 4 is 6.34 Å². The van der Waals surface area contributed by atoms with Crippen LogP contribution in [0.15, 0.2) is 28.9 Å². The first kappa shape index (κ1) is 5.71. The topological polar surface area (TPSA) is 26.5 Å². The summed E-state index contributed by atoms with van der Waals surface area (Å²) in [5.41, 5.74) is 1.26. The van der Waals surface area contributed by atoms with Gasteiger partial charge in [0, 0.05) is 6.20 Å². The van der Waals surface area contributed by atoms with E-state index in [0.29, 0.717) is 6.04 Å². The van der Waals surface area contributed by atoms with Crippen LogP contribution in [-0.2, 0) is 0 Å². The lowest BCUT2D eigenvalue weighted by atomic mass is 9.97. The van der Waals surface area contributed by atoms with Gasteiger partial charge < -0.3 is 0 Å². The molecule has 2 heteroatoms. The fraction of sp³-hybridized carbons (Fsp3) is 0.375. The van der Waals surface area contributed by atoms with E-state index in [1.54, 1.807) is 6.34 Å². The molecule has 0 saturated heterocycles. The Morgan fingerprint density at radius 3 is 3.40 bits per heavy atom. The predicted molar refractivity (Wildman–Crippen MR) is 40.9 cm³/mol. The first-order chi connectivity index (χ1) is 4.97. The van der Waals surface area contributed by atoms with Gasteiger partial charge >= 0.3 is 0 Å². The fourth-order valence-electron chi connectivity index (χ4n) is 1.28. The van der Waals surface area contributed by atoms with Crippen molar-refractivity contribution in [2.45, 2.75) is 18.9 Å². The van der Waals surface area contributed by atoms with Crippen molar-refractivity contribution in [3.05, 3.63) is 23.9 Å². The monoisotopic (exact) mass is 133 g/mol. The normalized spacial score (nSPS) is 28.8. The summed E-state index contributed by atoms with van der Waals surface area (Å²) >= 11 is 0. The number of hydrogen-bond donors (Lipinski definition) is 0. The standard InChI is InChI=1S/C8H9N2/c1-2-4-8-7(3-1)5-9-6-10-8/h1,3,5-6,8H,2,4H2. The van der Waals surface area contributed by atoms with Gasteiger partial charge in [-0.05, 0) is 18.4 Å². The van der Waals surface area contributed by atoms with Crippen LogP contribution in [0.1, 0.15) is 12.8 Å². The van der Waals surface area contributed by atoms with E-state index in [2.05, 4.69) is 22.5 Å². The van der Waals surface area contributed by atoms with Gasteiger partial charge in [-0.1, -0.05) is 12.2 Å². The van der Waals surface area contributed by atoms with E-state index in [-0.39, 0.29) is 0 Å². The largest absolute Gasteiger partial charge is 0.265 e. The van der Waals surface area contributed by atoms with Crippen LogP contribution in [-0.4, -0.2) is 12.4 Å². The lowest BCUT2D eigenvalue weighted by molar-refractivity contribution is 0.623. The van der Waals surface area contributed by atoms with Crippen LogP contribution in [0.2, 0.25) is 0 Å². The molecule has 0 aromatic carbocycles. The molecule has 0 N–H and O–H groups in total. The summed E-state index contributed by atoms with van der Waals surface area (Å²) in [5, 5.41) is 4.24. The fourth-order valence-corrected chi connectivity index (χ4v) is 1.28. The van der Waals surface area contributed by atoms with Crippen molar-refractivity contribution in [1.29, 1.82) is 0 Å². The highest BCUT2D eigenvalue weighted by Crippen LogP contribution is 2.19. The molecule has 2 nitrogen and oxygen atoms in total. The van der Waals surface area contributed by atoms with Crippen LogP contribution in [0.5, 0.6) is 0 Å². The summed E-state index contributed by atoms with van der Waals surface area (Å²) in [7, 11) is 0. The molecule has 1 radical (unpaired) electrons. The van der Waals surface area contributed by atoms with Crippen LogP contribution in [0.4, 0.5) is 0 Å². The SMILES string of the molecule is C1=CC2=CN=C[N]C2CC1. The number of fused-ring (bicyclic) bond motifs is 1. The summed E-state index contributed by atoms with van der Waals surface area (Å²) in [4.78, 5) is 3.96. The highest BCUT2D eigenvalue weighted by molar-refractivity contribution is 5.59. The van der Waals surface area contributed by atoms with Gasteiger partial charge in [0.1, 0.15) is 6.34 Å². The molecule has 0 aromatic rings. The highest BCUT2D eigenvalue weighted by Gasteiger charge is 2.16. The predicted octanol–water partition coefficient (Wildman–Crippen LogP) is 1.24. The zero-order valence-corrected chi connectivity index (χ0v) is 5.70. The van der Waals surface area contributed by atoms with E-state index in [4.69, 9.17) is 0 Å². The van der Waals surface area contributed by atoms with E-state index in [9.17, 15) is 0 Å². The molecule has 0 bridgehead atoms. The van der Waals surface area contributed by atoms with Crippen LogP contribution in [0.3, 0.4) is 0 Å². The molecule has 51 valence electrons. The van der Waals surface area contributed by atoms with E-state index in [1.807, 2.05) is 6.20 Å². The number of rotatable bonds is 0. The molecule has 0 fully saturated rings. The minimum absolute atomic E-state index is 0.405. The Bertz CT molecular complexity index is 213. The molecule has 0 saturated carbocycles. The Morgan fingerprint density at radius 1 is 1.50 bits per heavy atom. The Morgan fingerprint density at radius 2 is 2.50 bits per heavy atom. The second-order valence-corrected chi connectivity index (χ2v) is 2.54. The van der Waals surface area contributed by atoms with Crippen LogP contribution < -0.4 is 5.32 Å². The lowest BCUT2D eigenvalue weighted by Gasteiger charge is -2.20. The third kappa shape index (κ3) is 0.856. The van der Waals surface area contributed by atoms with E-state index < -0.39 is 0 Å². The lowest BCUT2D eigenvalue weighted by Crippen LogP contribution is -2.26. The van der Waals surface area contributed by atoms with Crippen molar-refractivity contribution in [3.8, 4) is 0 Å². The van der Waals surface area contributed by atoms with Gasteiger partial charge in [0.05, 0.1) is 6.04 Å². The molecule has 1 atom stereocenters. The van der Waals surface area contributed by atoms with Crippen molar-refractivity contribution in [1.82, 2.24) is 5.32 Å². The van der Waals surface area contributed by atoms with Crippen molar-refractivity contribution < 1.29 is 0 Å². The summed E-state index contributed by atoms with van der Waals surface area (Å²) < 4.78 is 0. The quantitative estimate of drug-likeness (QED) is 0.475. The van der Waals surface area contributed by atoms with Gasteiger partial charge in [-0.25, -0.2) is 4.99 Å². The van der Waals surface area contributed by atoms with Crippen LogP contribution in [0.25, 0.3) is 0 Å². The molecule has 0 amide bonds. The number of nitrogens with zero attached hydrogens (tertiary/aromatic N) is 2. The number of aliphatic imine (C=N–C) groups is 1. The van der Waals surface area contributed by atoms with Crippen molar-refractivity contribution in [2.24, 2.45) is 4.99 Å². The van der Waals surface area contributed by atoms with Gasteiger partial charge in [-0.2, -0.15) is 0 Å². The molecule has 0 aromatic heterocycles. The third-order valence-corrected chi connectivity index (χ3v) is 1.84. The Hall–Kier alpha value is -1.05. The van der Waals surface area contributed by atoms with Gasteiger partial charge in [0.15, 0.2) is 0 Å². The zero-order valence-electron chi connectivity index (χ0n) is 5.70. The maximum Gasteiger partial charge on any atom is 0.110 e. The molecule has 1 heterocycles. The molecule has 1 aliphatic carbocycles. The molecule has 0 spiro atoms. The van der Waals surface area contributed by atoms with Gasteiger partial charge in [0.25, 0.3) is 0 Å².